The molecule has 0 saturated carbocycles. The number of rotatable bonds is 6. The summed E-state index contributed by atoms with van der Waals surface area (Å²) in [6.07, 6.45) is 4.38. The fraction of sp³-hybridized carbons (Fsp3) is 0.588. The molecule has 1 aromatic heterocycles. The molecule has 0 fully saturated rings. The molecule has 6 nitrogen and oxygen atoms in total. The normalized spacial score (nSPS) is 16.2. The number of hydrazine groups is 1. The number of fused-ring (bicyclic) bond motifs is 1. The summed E-state index contributed by atoms with van der Waals surface area (Å²) in [5.41, 5.74) is 6.01. The van der Waals surface area contributed by atoms with Crippen molar-refractivity contribution in [3.05, 3.63) is 21.4 Å². The molecule has 2 amide bonds. The Labute approximate surface area is 145 Å². The molecular formula is C17H24N2O4S. The molecule has 7 heteroatoms. The molecule has 0 saturated heterocycles. The predicted molar refractivity (Wildman–Crippen MR) is 91.6 cm³/mol. The summed E-state index contributed by atoms with van der Waals surface area (Å²) < 4.78 is 4.75. The molecule has 1 heterocycles. The highest BCUT2D eigenvalue weighted by Gasteiger charge is 2.22. The predicted octanol–water partition coefficient (Wildman–Crippen LogP) is 2.37. The number of esters is 1. The number of carbonyl (C=O) groups is 3. The molecule has 1 aliphatic rings. The van der Waals surface area contributed by atoms with Gasteiger partial charge in [0.05, 0.1) is 17.9 Å². The van der Waals surface area contributed by atoms with E-state index in [1.54, 1.807) is 6.92 Å². The maximum absolute atomic E-state index is 12.2. The Morgan fingerprint density at radius 1 is 1.25 bits per heavy atom. The van der Waals surface area contributed by atoms with Gasteiger partial charge < -0.3 is 4.74 Å². The summed E-state index contributed by atoms with van der Waals surface area (Å²) in [4.78, 5) is 36.9. The summed E-state index contributed by atoms with van der Waals surface area (Å²) >= 11 is 1.50. The Morgan fingerprint density at radius 3 is 2.75 bits per heavy atom. The zero-order chi connectivity index (χ0) is 17.5. The smallest absolute Gasteiger partial charge is 0.306 e. The van der Waals surface area contributed by atoms with Gasteiger partial charge in [0.25, 0.3) is 5.91 Å². The van der Waals surface area contributed by atoms with Crippen LogP contribution in [-0.4, -0.2) is 24.4 Å². The van der Waals surface area contributed by atoms with E-state index in [0.717, 1.165) is 19.3 Å². The van der Waals surface area contributed by atoms with Gasteiger partial charge in [-0.2, -0.15) is 0 Å². The molecule has 0 spiro atoms. The molecule has 2 N–H and O–H groups in total. The number of thiophene rings is 1. The van der Waals surface area contributed by atoms with E-state index in [-0.39, 0.29) is 18.7 Å². The lowest BCUT2D eigenvalue weighted by Gasteiger charge is -2.19. The molecule has 132 valence electrons. The highest BCUT2D eigenvalue weighted by Crippen LogP contribution is 2.33. The topological polar surface area (TPSA) is 84.5 Å². The van der Waals surface area contributed by atoms with Crippen LogP contribution < -0.4 is 10.9 Å². The first kappa shape index (κ1) is 18.4. The molecule has 0 aromatic carbocycles. The second-order valence-corrected chi connectivity index (χ2v) is 7.02. The number of ether oxygens (including phenoxy) is 1. The summed E-state index contributed by atoms with van der Waals surface area (Å²) in [5, 5.41) is 0. The van der Waals surface area contributed by atoms with E-state index >= 15 is 0 Å². The maximum atomic E-state index is 12.2. The van der Waals surface area contributed by atoms with E-state index in [2.05, 4.69) is 17.8 Å². The summed E-state index contributed by atoms with van der Waals surface area (Å²) in [6.45, 7) is 4.20. The number of hydrogen-bond donors (Lipinski definition) is 2. The van der Waals surface area contributed by atoms with Gasteiger partial charge in [-0.05, 0) is 43.7 Å². The van der Waals surface area contributed by atoms with Crippen LogP contribution in [0.1, 0.15) is 59.6 Å². The zero-order valence-corrected chi connectivity index (χ0v) is 15.0. The van der Waals surface area contributed by atoms with E-state index in [1.165, 1.54) is 28.2 Å². The first-order valence-electron chi connectivity index (χ1n) is 8.39. The Kier molecular flexibility index (Phi) is 6.78. The minimum atomic E-state index is -0.421. The maximum Gasteiger partial charge on any atom is 0.306 e. The Hall–Kier alpha value is -1.89. The van der Waals surface area contributed by atoms with Crippen molar-refractivity contribution in [2.24, 2.45) is 5.92 Å². The largest absolute Gasteiger partial charge is 0.466 e. The van der Waals surface area contributed by atoms with E-state index < -0.39 is 11.9 Å². The Bertz CT molecular complexity index is 612. The van der Waals surface area contributed by atoms with E-state index in [1.807, 2.05) is 6.07 Å². The minimum absolute atomic E-state index is 0.00124. The van der Waals surface area contributed by atoms with Gasteiger partial charge in [-0.1, -0.05) is 13.3 Å². The van der Waals surface area contributed by atoms with E-state index in [9.17, 15) is 14.4 Å². The van der Waals surface area contributed by atoms with E-state index in [4.69, 9.17) is 4.74 Å². The summed E-state index contributed by atoms with van der Waals surface area (Å²) in [5.74, 6) is -0.448. The van der Waals surface area contributed by atoms with Crippen molar-refractivity contribution in [2.75, 3.05) is 6.61 Å². The van der Waals surface area contributed by atoms with Gasteiger partial charge in [-0.15, -0.1) is 11.3 Å². The first-order chi connectivity index (χ1) is 11.5. The van der Waals surface area contributed by atoms with Crippen molar-refractivity contribution in [1.82, 2.24) is 10.9 Å². The van der Waals surface area contributed by atoms with Crippen LogP contribution in [-0.2, 0) is 27.2 Å². The fourth-order valence-corrected chi connectivity index (χ4v) is 3.86. The second-order valence-electron chi connectivity index (χ2n) is 5.88. The third-order valence-electron chi connectivity index (χ3n) is 4.16. The van der Waals surface area contributed by atoms with Crippen molar-refractivity contribution in [1.29, 1.82) is 0 Å². The highest BCUT2D eigenvalue weighted by atomic mass is 32.1. The fourth-order valence-electron chi connectivity index (χ4n) is 2.76. The number of amides is 2. The Balaban J connectivity index is 1.80. The van der Waals surface area contributed by atoms with Crippen LogP contribution in [0.5, 0.6) is 0 Å². The van der Waals surface area contributed by atoms with Crippen molar-refractivity contribution < 1.29 is 19.1 Å². The molecule has 1 aromatic rings. The van der Waals surface area contributed by atoms with Gasteiger partial charge in [0.15, 0.2) is 0 Å². The lowest BCUT2D eigenvalue weighted by atomic mass is 9.87. The average molecular weight is 352 g/mol. The quantitative estimate of drug-likeness (QED) is 0.608. The van der Waals surface area contributed by atoms with Crippen LogP contribution >= 0.6 is 11.3 Å². The van der Waals surface area contributed by atoms with Gasteiger partial charge >= 0.3 is 5.97 Å². The van der Waals surface area contributed by atoms with Gasteiger partial charge in [0.1, 0.15) is 0 Å². The van der Waals surface area contributed by atoms with Crippen molar-refractivity contribution in [3.63, 3.8) is 0 Å². The molecule has 0 unspecified atom stereocenters. The lowest BCUT2D eigenvalue weighted by Crippen LogP contribution is -2.41. The van der Waals surface area contributed by atoms with Crippen LogP contribution in [0.25, 0.3) is 0 Å². The van der Waals surface area contributed by atoms with Crippen molar-refractivity contribution in [3.8, 4) is 0 Å². The third kappa shape index (κ3) is 5.06. The third-order valence-corrected chi connectivity index (χ3v) is 5.40. The van der Waals surface area contributed by atoms with E-state index in [0.29, 0.717) is 17.4 Å². The van der Waals surface area contributed by atoms with Crippen LogP contribution in [0.2, 0.25) is 0 Å². The molecule has 1 aliphatic carbocycles. The van der Waals surface area contributed by atoms with Crippen molar-refractivity contribution in [2.45, 2.75) is 52.4 Å². The van der Waals surface area contributed by atoms with Crippen LogP contribution in [0.4, 0.5) is 0 Å². The Morgan fingerprint density at radius 2 is 2.04 bits per heavy atom. The first-order valence-corrected chi connectivity index (χ1v) is 9.21. The highest BCUT2D eigenvalue weighted by molar-refractivity contribution is 7.14. The number of hydrogen-bond acceptors (Lipinski definition) is 5. The molecule has 0 radical (unpaired) electrons. The van der Waals surface area contributed by atoms with Crippen LogP contribution in [0, 0.1) is 5.92 Å². The molecule has 0 bridgehead atoms. The summed E-state index contributed by atoms with van der Waals surface area (Å²) in [6, 6.07) is 1.93. The van der Waals surface area contributed by atoms with Gasteiger partial charge in [-0.25, -0.2) is 0 Å². The van der Waals surface area contributed by atoms with Gasteiger partial charge in [-0.3, -0.25) is 25.2 Å². The second kappa shape index (κ2) is 8.82. The van der Waals surface area contributed by atoms with Crippen LogP contribution in [0.15, 0.2) is 6.07 Å². The number of aryl methyl sites for hydroxylation is 1. The minimum Gasteiger partial charge on any atom is -0.466 e. The molecule has 2 rings (SSSR count). The average Bonchev–Trinajstić information content (AvgIpc) is 3.01. The lowest BCUT2D eigenvalue weighted by molar-refractivity contribution is -0.144. The zero-order valence-electron chi connectivity index (χ0n) is 14.1. The van der Waals surface area contributed by atoms with Gasteiger partial charge in [0, 0.05) is 11.3 Å². The monoisotopic (exact) mass is 352 g/mol. The summed E-state index contributed by atoms with van der Waals surface area (Å²) in [7, 11) is 0. The standard InChI is InChI=1S/C17H24N2O4S/c1-3-11-5-6-13-12(9-11)10-14(24-13)17(22)19-18-15(20)7-8-16(21)23-4-2/h10-11H,3-9H2,1-2H3,(H,18,20)(H,19,22)/t11-/m0/s1. The van der Waals surface area contributed by atoms with Crippen molar-refractivity contribution >= 4 is 29.1 Å². The van der Waals surface area contributed by atoms with Crippen LogP contribution in [0.3, 0.4) is 0 Å². The molecule has 1 atom stereocenters. The number of nitrogens with one attached hydrogen (secondary N) is 2. The van der Waals surface area contributed by atoms with Gasteiger partial charge in [0.2, 0.25) is 5.91 Å². The molecular weight excluding hydrogens is 328 g/mol. The molecule has 24 heavy (non-hydrogen) atoms. The molecule has 0 aliphatic heterocycles. The SMILES string of the molecule is CCOC(=O)CCC(=O)NNC(=O)c1cc2c(s1)CC[C@H](CC)C2. The number of carbonyl (C=O) groups excluding carboxylic acids is 3.